The fraction of sp³-hybridized carbons (Fsp3) is 0.211. The Balaban J connectivity index is 1.58. The molecule has 1 aliphatic rings. The predicted octanol–water partition coefficient (Wildman–Crippen LogP) is 4.31. The van der Waals surface area contributed by atoms with Crippen LogP contribution < -0.4 is 5.32 Å². The summed E-state index contributed by atoms with van der Waals surface area (Å²) in [5.74, 6) is -0.431. The zero-order chi connectivity index (χ0) is 16.9. The van der Waals surface area contributed by atoms with Crippen molar-refractivity contribution in [1.82, 2.24) is 4.90 Å². The smallest absolute Gasteiger partial charge is 0.246 e. The highest BCUT2D eigenvalue weighted by Gasteiger charge is 2.24. The average Bonchev–Trinajstić information content (AvgIpc) is 3.05. The van der Waals surface area contributed by atoms with Crippen LogP contribution in [0.5, 0.6) is 0 Å². The van der Waals surface area contributed by atoms with E-state index in [0.29, 0.717) is 18.7 Å². The Hall–Kier alpha value is -2.14. The SMILES string of the molecule is O=C(/C=C/c1cc(Br)ccc1F)N1CCC(Nc2ccccc2)C1. The van der Waals surface area contributed by atoms with E-state index in [9.17, 15) is 9.18 Å². The molecule has 1 heterocycles. The third kappa shape index (κ3) is 4.23. The van der Waals surface area contributed by atoms with Gasteiger partial charge in [-0.1, -0.05) is 34.1 Å². The van der Waals surface area contributed by atoms with Crippen molar-refractivity contribution in [2.45, 2.75) is 12.5 Å². The zero-order valence-electron chi connectivity index (χ0n) is 13.1. The molecule has 0 aromatic heterocycles. The lowest BCUT2D eigenvalue weighted by Crippen LogP contribution is -2.30. The molecule has 2 aromatic carbocycles. The minimum absolute atomic E-state index is 0.0910. The van der Waals surface area contributed by atoms with Gasteiger partial charge in [0.2, 0.25) is 5.91 Å². The van der Waals surface area contributed by atoms with E-state index in [2.05, 4.69) is 21.2 Å². The van der Waals surface area contributed by atoms with Crippen LogP contribution in [0.4, 0.5) is 10.1 Å². The van der Waals surface area contributed by atoms with Gasteiger partial charge in [0.25, 0.3) is 0 Å². The minimum Gasteiger partial charge on any atom is -0.380 e. The summed E-state index contributed by atoms with van der Waals surface area (Å²) in [5, 5.41) is 3.43. The number of carbonyl (C=O) groups is 1. The van der Waals surface area contributed by atoms with E-state index in [0.717, 1.165) is 16.6 Å². The summed E-state index contributed by atoms with van der Waals surface area (Å²) in [6.45, 7) is 1.35. The maximum Gasteiger partial charge on any atom is 0.246 e. The second-order valence-corrected chi connectivity index (χ2v) is 6.70. The minimum atomic E-state index is -0.340. The summed E-state index contributed by atoms with van der Waals surface area (Å²) in [5.41, 5.74) is 1.46. The Morgan fingerprint density at radius 3 is 2.83 bits per heavy atom. The molecule has 2 aromatic rings. The molecule has 0 saturated carbocycles. The van der Waals surface area contributed by atoms with E-state index < -0.39 is 0 Å². The van der Waals surface area contributed by atoms with Gasteiger partial charge in [0.15, 0.2) is 0 Å². The molecule has 1 aliphatic heterocycles. The lowest BCUT2D eigenvalue weighted by Gasteiger charge is -2.16. The highest BCUT2D eigenvalue weighted by molar-refractivity contribution is 9.10. The number of carbonyl (C=O) groups excluding carboxylic acids is 1. The number of hydrogen-bond acceptors (Lipinski definition) is 2. The van der Waals surface area contributed by atoms with Crippen LogP contribution in [-0.2, 0) is 4.79 Å². The van der Waals surface area contributed by atoms with Crippen LogP contribution >= 0.6 is 15.9 Å². The Morgan fingerprint density at radius 2 is 2.04 bits per heavy atom. The predicted molar refractivity (Wildman–Crippen MR) is 98.2 cm³/mol. The summed E-state index contributed by atoms with van der Waals surface area (Å²) in [4.78, 5) is 14.1. The van der Waals surface area contributed by atoms with Gasteiger partial charge < -0.3 is 10.2 Å². The van der Waals surface area contributed by atoms with E-state index in [-0.39, 0.29) is 17.8 Å². The molecule has 1 N–H and O–H groups in total. The van der Waals surface area contributed by atoms with E-state index in [4.69, 9.17) is 0 Å². The first-order valence-electron chi connectivity index (χ1n) is 7.85. The van der Waals surface area contributed by atoms with E-state index in [1.807, 2.05) is 30.3 Å². The molecule has 1 amide bonds. The third-order valence-electron chi connectivity index (χ3n) is 4.01. The first-order chi connectivity index (χ1) is 11.6. The molecule has 0 aliphatic carbocycles. The van der Waals surface area contributed by atoms with Crippen molar-refractivity contribution in [3.63, 3.8) is 0 Å². The van der Waals surface area contributed by atoms with Crippen molar-refractivity contribution < 1.29 is 9.18 Å². The van der Waals surface area contributed by atoms with Gasteiger partial charge >= 0.3 is 0 Å². The normalized spacial score (nSPS) is 17.4. The number of amides is 1. The van der Waals surface area contributed by atoms with Crippen LogP contribution in [0.1, 0.15) is 12.0 Å². The number of nitrogens with zero attached hydrogens (tertiary/aromatic N) is 1. The Morgan fingerprint density at radius 1 is 1.25 bits per heavy atom. The largest absolute Gasteiger partial charge is 0.380 e. The van der Waals surface area contributed by atoms with Gasteiger partial charge in [0.05, 0.1) is 0 Å². The van der Waals surface area contributed by atoms with Crippen LogP contribution in [0.2, 0.25) is 0 Å². The summed E-state index contributed by atoms with van der Waals surface area (Å²) in [6.07, 6.45) is 3.87. The van der Waals surface area contributed by atoms with E-state index >= 15 is 0 Å². The van der Waals surface area contributed by atoms with Crippen molar-refractivity contribution >= 4 is 33.6 Å². The van der Waals surface area contributed by atoms with Crippen LogP contribution in [0.3, 0.4) is 0 Å². The maximum atomic E-state index is 13.7. The molecular formula is C19H18BrFN2O. The lowest BCUT2D eigenvalue weighted by atomic mass is 10.2. The lowest BCUT2D eigenvalue weighted by molar-refractivity contribution is -0.124. The first-order valence-corrected chi connectivity index (χ1v) is 8.65. The number of rotatable bonds is 4. The fourth-order valence-corrected chi connectivity index (χ4v) is 3.14. The molecule has 3 nitrogen and oxygen atoms in total. The zero-order valence-corrected chi connectivity index (χ0v) is 14.7. The monoisotopic (exact) mass is 388 g/mol. The average molecular weight is 389 g/mol. The van der Waals surface area contributed by atoms with Crippen molar-refractivity contribution in [3.8, 4) is 0 Å². The topological polar surface area (TPSA) is 32.3 Å². The Kier molecular flexibility index (Phi) is 5.30. The highest BCUT2D eigenvalue weighted by Crippen LogP contribution is 2.18. The Labute approximate surface area is 149 Å². The van der Waals surface area contributed by atoms with Gasteiger partial charge in [-0.15, -0.1) is 0 Å². The van der Waals surface area contributed by atoms with Crippen LogP contribution in [-0.4, -0.2) is 29.9 Å². The molecule has 0 radical (unpaired) electrons. The maximum absolute atomic E-state index is 13.7. The summed E-state index contributed by atoms with van der Waals surface area (Å²) in [6, 6.07) is 14.9. The van der Waals surface area contributed by atoms with Gasteiger partial charge in [0.1, 0.15) is 5.82 Å². The quantitative estimate of drug-likeness (QED) is 0.791. The number of benzene rings is 2. The summed E-state index contributed by atoms with van der Waals surface area (Å²) < 4.78 is 14.5. The van der Waals surface area contributed by atoms with Crippen LogP contribution in [0.15, 0.2) is 59.1 Å². The van der Waals surface area contributed by atoms with Gasteiger partial charge in [-0.25, -0.2) is 4.39 Å². The number of likely N-dealkylation sites (tertiary alicyclic amines) is 1. The van der Waals surface area contributed by atoms with Crippen LogP contribution in [0, 0.1) is 5.82 Å². The number of halogens is 2. The number of anilines is 1. The fourth-order valence-electron chi connectivity index (χ4n) is 2.76. The van der Waals surface area contributed by atoms with Crippen molar-refractivity contribution in [2.24, 2.45) is 0 Å². The summed E-state index contributed by atoms with van der Waals surface area (Å²) >= 11 is 3.30. The number of para-hydroxylation sites is 1. The second-order valence-electron chi connectivity index (χ2n) is 5.78. The molecule has 1 saturated heterocycles. The van der Waals surface area contributed by atoms with Crippen LogP contribution in [0.25, 0.3) is 6.08 Å². The summed E-state index contributed by atoms with van der Waals surface area (Å²) in [7, 11) is 0. The third-order valence-corrected chi connectivity index (χ3v) is 4.50. The van der Waals surface area contributed by atoms with E-state index in [1.165, 1.54) is 18.2 Å². The molecule has 5 heteroatoms. The first kappa shape index (κ1) is 16.7. The number of nitrogens with one attached hydrogen (secondary N) is 1. The standard InChI is InChI=1S/C19H18BrFN2O/c20-15-7-8-18(21)14(12-15)6-9-19(24)23-11-10-17(13-23)22-16-4-2-1-3-5-16/h1-9,12,17,22H,10-11,13H2/b9-6+. The van der Waals surface area contributed by atoms with Crippen molar-refractivity contribution in [3.05, 3.63) is 70.5 Å². The second kappa shape index (κ2) is 7.62. The molecule has 1 unspecified atom stereocenters. The molecule has 3 rings (SSSR count). The van der Waals surface area contributed by atoms with Gasteiger partial charge in [0, 0.05) is 40.9 Å². The van der Waals surface area contributed by atoms with Gasteiger partial charge in [-0.2, -0.15) is 0 Å². The van der Waals surface area contributed by atoms with Crippen molar-refractivity contribution in [2.75, 3.05) is 18.4 Å². The molecule has 1 fully saturated rings. The van der Waals surface area contributed by atoms with E-state index in [1.54, 1.807) is 17.0 Å². The molecular weight excluding hydrogens is 371 g/mol. The highest BCUT2D eigenvalue weighted by atomic mass is 79.9. The molecule has 124 valence electrons. The van der Waals surface area contributed by atoms with Gasteiger partial charge in [-0.05, 0) is 42.8 Å². The Bertz CT molecular complexity index is 748. The molecule has 0 spiro atoms. The number of hydrogen-bond donors (Lipinski definition) is 1. The molecule has 24 heavy (non-hydrogen) atoms. The molecule has 0 bridgehead atoms. The molecule has 1 atom stereocenters. The van der Waals surface area contributed by atoms with Gasteiger partial charge in [-0.3, -0.25) is 4.79 Å². The van der Waals surface area contributed by atoms with Crippen molar-refractivity contribution in [1.29, 1.82) is 0 Å².